The molecule has 0 aliphatic carbocycles. The number of rotatable bonds is 5. The van der Waals surface area contributed by atoms with E-state index in [4.69, 9.17) is 4.74 Å². The van der Waals surface area contributed by atoms with Crippen LogP contribution < -0.4 is 10.6 Å². The molecule has 2 rings (SSSR count). The molecule has 2 amide bonds. The number of benzene rings is 2. The lowest BCUT2D eigenvalue weighted by Crippen LogP contribution is -2.43. The van der Waals surface area contributed by atoms with E-state index in [9.17, 15) is 9.59 Å². The molecule has 0 heterocycles. The molecule has 0 fully saturated rings. The van der Waals surface area contributed by atoms with Crippen molar-refractivity contribution in [1.82, 2.24) is 10.6 Å². The Morgan fingerprint density at radius 2 is 1.35 bits per heavy atom. The third kappa shape index (κ3) is 5.92. The zero-order valence-corrected chi connectivity index (χ0v) is 15.7. The van der Waals surface area contributed by atoms with Crippen LogP contribution in [0, 0.1) is 0 Å². The van der Waals surface area contributed by atoms with Crippen LogP contribution in [0.4, 0.5) is 4.79 Å². The van der Waals surface area contributed by atoms with Crippen molar-refractivity contribution in [2.45, 2.75) is 45.4 Å². The topological polar surface area (TPSA) is 67.4 Å². The normalized spacial score (nSPS) is 13.4. The highest BCUT2D eigenvalue weighted by molar-refractivity contribution is 5.87. The summed E-state index contributed by atoms with van der Waals surface area (Å²) in [7, 11) is 0. The van der Waals surface area contributed by atoms with Crippen molar-refractivity contribution >= 4 is 12.0 Å². The zero-order valence-electron chi connectivity index (χ0n) is 15.7. The predicted octanol–water partition coefficient (Wildman–Crippen LogP) is 4.13. The van der Waals surface area contributed by atoms with Crippen LogP contribution in [0.25, 0.3) is 0 Å². The number of carbonyl (C=O) groups is 2. The van der Waals surface area contributed by atoms with Crippen LogP contribution in [0.2, 0.25) is 0 Å². The lowest BCUT2D eigenvalue weighted by Gasteiger charge is -2.25. The number of nitrogens with one attached hydrogen (secondary N) is 2. The maximum atomic E-state index is 12.8. The quantitative estimate of drug-likeness (QED) is 0.848. The summed E-state index contributed by atoms with van der Waals surface area (Å²) in [5, 5.41) is 5.63. The number of amides is 2. The monoisotopic (exact) mass is 354 g/mol. The lowest BCUT2D eigenvalue weighted by atomic mass is 10.0. The van der Waals surface area contributed by atoms with Crippen LogP contribution in [0.5, 0.6) is 0 Å². The molecule has 138 valence electrons. The number of carbonyl (C=O) groups excluding carboxylic acids is 2. The SMILES string of the molecule is CC(NC(=O)C(NC(=O)OC(C)(C)C)c1ccccc1)c1ccccc1. The van der Waals surface area contributed by atoms with Crippen molar-refractivity contribution < 1.29 is 14.3 Å². The van der Waals surface area contributed by atoms with Gasteiger partial charge in [-0.15, -0.1) is 0 Å². The minimum Gasteiger partial charge on any atom is -0.444 e. The molecule has 0 spiro atoms. The molecule has 0 bridgehead atoms. The molecular weight excluding hydrogens is 328 g/mol. The Morgan fingerprint density at radius 3 is 1.85 bits per heavy atom. The van der Waals surface area contributed by atoms with Gasteiger partial charge in [-0.3, -0.25) is 4.79 Å². The summed E-state index contributed by atoms with van der Waals surface area (Å²) >= 11 is 0. The van der Waals surface area contributed by atoms with Gasteiger partial charge in [-0.2, -0.15) is 0 Å². The van der Waals surface area contributed by atoms with E-state index >= 15 is 0 Å². The first-order chi connectivity index (χ1) is 12.3. The van der Waals surface area contributed by atoms with Crippen molar-refractivity contribution in [3.63, 3.8) is 0 Å². The molecular formula is C21H26N2O3. The summed E-state index contributed by atoms with van der Waals surface area (Å²) in [5.41, 5.74) is 1.04. The number of alkyl carbamates (subject to hydrolysis) is 1. The van der Waals surface area contributed by atoms with E-state index in [1.807, 2.05) is 55.5 Å². The molecule has 0 saturated carbocycles. The Bertz CT molecular complexity index is 724. The molecule has 0 aromatic heterocycles. The van der Waals surface area contributed by atoms with Crippen LogP contribution in [0.1, 0.15) is 50.9 Å². The van der Waals surface area contributed by atoms with E-state index in [-0.39, 0.29) is 11.9 Å². The number of hydrogen-bond acceptors (Lipinski definition) is 3. The van der Waals surface area contributed by atoms with Gasteiger partial charge in [0.2, 0.25) is 5.91 Å². The van der Waals surface area contributed by atoms with Crippen LogP contribution in [-0.2, 0) is 9.53 Å². The van der Waals surface area contributed by atoms with E-state index in [2.05, 4.69) is 10.6 Å². The Balaban J connectivity index is 2.15. The smallest absolute Gasteiger partial charge is 0.408 e. The fraction of sp³-hybridized carbons (Fsp3) is 0.333. The van der Waals surface area contributed by atoms with Crippen molar-refractivity contribution in [3.05, 3.63) is 71.8 Å². The molecule has 0 radical (unpaired) electrons. The van der Waals surface area contributed by atoms with Crippen LogP contribution in [0.3, 0.4) is 0 Å². The van der Waals surface area contributed by atoms with Crippen molar-refractivity contribution in [3.8, 4) is 0 Å². The Kier molecular flexibility index (Phi) is 6.39. The molecule has 0 aliphatic heterocycles. The largest absolute Gasteiger partial charge is 0.444 e. The van der Waals surface area contributed by atoms with Gasteiger partial charge >= 0.3 is 6.09 Å². The fourth-order valence-corrected chi connectivity index (χ4v) is 2.49. The van der Waals surface area contributed by atoms with Gasteiger partial charge < -0.3 is 15.4 Å². The predicted molar refractivity (Wildman–Crippen MR) is 102 cm³/mol. The fourth-order valence-electron chi connectivity index (χ4n) is 2.49. The standard InChI is InChI=1S/C21H26N2O3/c1-15(16-11-7-5-8-12-16)22-19(24)18(17-13-9-6-10-14-17)23-20(25)26-21(2,3)4/h5-15,18H,1-4H3,(H,22,24)(H,23,25). The summed E-state index contributed by atoms with van der Waals surface area (Å²) in [5.74, 6) is -0.293. The molecule has 5 heteroatoms. The third-order valence-corrected chi connectivity index (χ3v) is 3.71. The van der Waals surface area contributed by atoms with Crippen LogP contribution >= 0.6 is 0 Å². The molecule has 2 atom stereocenters. The summed E-state index contributed by atoms with van der Waals surface area (Å²) in [4.78, 5) is 25.0. The van der Waals surface area contributed by atoms with Gasteiger partial charge in [0.05, 0.1) is 6.04 Å². The maximum absolute atomic E-state index is 12.8. The Labute approximate surface area is 154 Å². The van der Waals surface area contributed by atoms with E-state index in [0.717, 1.165) is 5.56 Å². The molecule has 26 heavy (non-hydrogen) atoms. The zero-order chi connectivity index (χ0) is 19.2. The summed E-state index contributed by atoms with van der Waals surface area (Å²) in [6, 6.07) is 17.8. The second-order valence-electron chi connectivity index (χ2n) is 7.13. The van der Waals surface area contributed by atoms with Crippen LogP contribution in [-0.4, -0.2) is 17.6 Å². The van der Waals surface area contributed by atoms with Gasteiger partial charge in [0, 0.05) is 0 Å². The first-order valence-corrected chi connectivity index (χ1v) is 8.66. The van der Waals surface area contributed by atoms with Gasteiger partial charge in [-0.1, -0.05) is 60.7 Å². The van der Waals surface area contributed by atoms with E-state index in [1.165, 1.54) is 0 Å². The molecule has 0 aliphatic rings. The Morgan fingerprint density at radius 1 is 0.846 bits per heavy atom. The first-order valence-electron chi connectivity index (χ1n) is 8.66. The minimum atomic E-state index is -0.836. The molecule has 2 aromatic carbocycles. The van der Waals surface area contributed by atoms with Gasteiger partial charge in [0.1, 0.15) is 11.6 Å². The maximum Gasteiger partial charge on any atom is 0.408 e. The van der Waals surface area contributed by atoms with E-state index in [1.54, 1.807) is 32.9 Å². The van der Waals surface area contributed by atoms with Crippen molar-refractivity contribution in [1.29, 1.82) is 0 Å². The van der Waals surface area contributed by atoms with E-state index < -0.39 is 17.7 Å². The van der Waals surface area contributed by atoms with Crippen molar-refractivity contribution in [2.24, 2.45) is 0 Å². The van der Waals surface area contributed by atoms with E-state index in [0.29, 0.717) is 5.56 Å². The average Bonchev–Trinajstić information content (AvgIpc) is 2.59. The Hall–Kier alpha value is -2.82. The first kappa shape index (κ1) is 19.5. The summed E-state index contributed by atoms with van der Waals surface area (Å²) < 4.78 is 5.30. The molecule has 2 unspecified atom stereocenters. The highest BCUT2D eigenvalue weighted by Crippen LogP contribution is 2.18. The number of ether oxygens (including phenoxy) is 1. The second-order valence-corrected chi connectivity index (χ2v) is 7.13. The van der Waals surface area contributed by atoms with Gasteiger partial charge in [-0.05, 0) is 38.8 Å². The molecule has 2 N–H and O–H groups in total. The van der Waals surface area contributed by atoms with Gasteiger partial charge in [0.25, 0.3) is 0 Å². The highest BCUT2D eigenvalue weighted by atomic mass is 16.6. The van der Waals surface area contributed by atoms with Crippen molar-refractivity contribution in [2.75, 3.05) is 0 Å². The van der Waals surface area contributed by atoms with Gasteiger partial charge in [0.15, 0.2) is 0 Å². The summed E-state index contributed by atoms with van der Waals surface area (Å²) in [6.45, 7) is 7.24. The molecule has 0 saturated heterocycles. The highest BCUT2D eigenvalue weighted by Gasteiger charge is 2.26. The van der Waals surface area contributed by atoms with Crippen LogP contribution in [0.15, 0.2) is 60.7 Å². The third-order valence-electron chi connectivity index (χ3n) is 3.71. The van der Waals surface area contributed by atoms with Gasteiger partial charge in [-0.25, -0.2) is 4.79 Å². The molecule has 5 nitrogen and oxygen atoms in total. The minimum absolute atomic E-state index is 0.185. The second kappa shape index (κ2) is 8.52. The number of hydrogen-bond donors (Lipinski definition) is 2. The lowest BCUT2D eigenvalue weighted by molar-refractivity contribution is -0.124. The summed E-state index contributed by atoms with van der Waals surface area (Å²) in [6.07, 6.45) is -0.631. The average molecular weight is 354 g/mol. The molecule has 2 aromatic rings.